The second-order valence-corrected chi connectivity index (χ2v) is 2.13. The Morgan fingerprint density at radius 3 is 2.80 bits per heavy atom. The van der Waals surface area contributed by atoms with Crippen LogP contribution in [0.2, 0.25) is 5.15 Å². The van der Waals surface area contributed by atoms with E-state index in [0.29, 0.717) is 6.54 Å². The van der Waals surface area contributed by atoms with E-state index in [0.717, 1.165) is 0 Å². The first-order chi connectivity index (χ1) is 4.75. The molecule has 10 heavy (non-hydrogen) atoms. The van der Waals surface area contributed by atoms with Gasteiger partial charge in [0.05, 0.1) is 19.3 Å². The minimum absolute atomic E-state index is 0.0408. The molecule has 0 aliphatic carbocycles. The van der Waals surface area contributed by atoms with E-state index in [1.165, 1.54) is 10.9 Å². The summed E-state index contributed by atoms with van der Waals surface area (Å²) in [5.41, 5.74) is 0. The topological polar surface area (TPSA) is 58.3 Å². The quantitative estimate of drug-likeness (QED) is 0.655. The Kier molecular flexibility index (Phi) is 2.13. The van der Waals surface area contributed by atoms with E-state index in [1.54, 1.807) is 0 Å². The van der Waals surface area contributed by atoms with Gasteiger partial charge in [0.15, 0.2) is 10.9 Å². The van der Waals surface area contributed by atoms with Crippen molar-refractivity contribution in [2.24, 2.45) is 0 Å². The number of halogens is 1. The van der Waals surface area contributed by atoms with Gasteiger partial charge < -0.3 is 10.2 Å². The zero-order chi connectivity index (χ0) is 7.56. The Balaban J connectivity index is 2.83. The van der Waals surface area contributed by atoms with Gasteiger partial charge in [-0.05, 0) is 0 Å². The van der Waals surface area contributed by atoms with Crippen LogP contribution < -0.4 is 0 Å². The fraction of sp³-hybridized carbons (Fsp3) is 0.400. The average Bonchev–Trinajstić information content (AvgIpc) is 2.20. The minimum atomic E-state index is -0.0601. The predicted octanol–water partition coefficient (Wildman–Crippen LogP) is 0.234. The summed E-state index contributed by atoms with van der Waals surface area (Å²) in [6, 6.07) is 0. The molecule has 0 amide bonds. The molecular formula is C5H7ClN2O2. The van der Waals surface area contributed by atoms with Crippen molar-refractivity contribution < 1.29 is 10.2 Å². The smallest absolute Gasteiger partial charge is 0.172 e. The largest absolute Gasteiger partial charge is 0.504 e. The van der Waals surface area contributed by atoms with Crippen molar-refractivity contribution in [2.45, 2.75) is 6.54 Å². The number of hydrogen-bond acceptors (Lipinski definition) is 3. The lowest BCUT2D eigenvalue weighted by Crippen LogP contribution is -2.03. The lowest BCUT2D eigenvalue weighted by Gasteiger charge is -1.96. The van der Waals surface area contributed by atoms with Gasteiger partial charge in [-0.1, -0.05) is 11.6 Å². The maximum Gasteiger partial charge on any atom is 0.172 e. The van der Waals surface area contributed by atoms with Crippen molar-refractivity contribution in [3.8, 4) is 5.75 Å². The van der Waals surface area contributed by atoms with Crippen LogP contribution in [0.3, 0.4) is 0 Å². The first-order valence-electron chi connectivity index (χ1n) is 2.77. The summed E-state index contributed by atoms with van der Waals surface area (Å²) in [5.74, 6) is -0.0601. The number of rotatable bonds is 2. The summed E-state index contributed by atoms with van der Waals surface area (Å²) in [6.07, 6.45) is 1.23. The van der Waals surface area contributed by atoms with Gasteiger partial charge >= 0.3 is 0 Å². The molecule has 0 saturated carbocycles. The minimum Gasteiger partial charge on any atom is -0.504 e. The lowest BCUT2D eigenvalue weighted by molar-refractivity contribution is 0.269. The van der Waals surface area contributed by atoms with Crippen molar-refractivity contribution in [3.63, 3.8) is 0 Å². The Hall–Kier alpha value is -0.740. The van der Waals surface area contributed by atoms with Gasteiger partial charge in [-0.15, -0.1) is 0 Å². The number of aliphatic hydroxyl groups excluding tert-OH is 1. The van der Waals surface area contributed by atoms with Crippen molar-refractivity contribution in [2.75, 3.05) is 6.61 Å². The highest BCUT2D eigenvalue weighted by atomic mass is 35.5. The zero-order valence-electron chi connectivity index (χ0n) is 5.16. The molecule has 0 radical (unpaired) electrons. The van der Waals surface area contributed by atoms with Crippen molar-refractivity contribution in [3.05, 3.63) is 11.3 Å². The molecule has 1 aromatic rings. The highest BCUT2D eigenvalue weighted by Gasteiger charge is 2.04. The maximum absolute atomic E-state index is 8.87. The standard InChI is InChI=1S/C5H7ClN2O2/c6-5-4(10)3-7-8(5)1-2-9/h3,9-10H,1-2H2. The highest BCUT2D eigenvalue weighted by Crippen LogP contribution is 2.20. The normalized spacial score (nSPS) is 10.2. The molecule has 0 fully saturated rings. The molecule has 2 N–H and O–H groups in total. The monoisotopic (exact) mass is 162 g/mol. The third-order valence-electron chi connectivity index (χ3n) is 1.07. The van der Waals surface area contributed by atoms with Gasteiger partial charge in [-0.25, -0.2) is 4.68 Å². The first kappa shape index (κ1) is 7.37. The van der Waals surface area contributed by atoms with Crippen LogP contribution in [0.25, 0.3) is 0 Å². The second-order valence-electron chi connectivity index (χ2n) is 1.77. The van der Waals surface area contributed by atoms with E-state index in [1.807, 2.05) is 0 Å². The Morgan fingerprint density at radius 2 is 2.40 bits per heavy atom. The Morgan fingerprint density at radius 1 is 1.70 bits per heavy atom. The summed E-state index contributed by atoms with van der Waals surface area (Å²) >= 11 is 5.53. The van der Waals surface area contributed by atoms with E-state index < -0.39 is 0 Å². The molecule has 5 heteroatoms. The molecule has 0 aromatic carbocycles. The van der Waals surface area contributed by atoms with Crippen molar-refractivity contribution in [1.29, 1.82) is 0 Å². The number of aromatic nitrogens is 2. The molecule has 0 aliphatic heterocycles. The van der Waals surface area contributed by atoms with Crippen LogP contribution in [-0.2, 0) is 6.54 Å². The fourth-order valence-electron chi connectivity index (χ4n) is 0.611. The Labute approximate surface area is 62.7 Å². The van der Waals surface area contributed by atoms with Crippen LogP contribution in [-0.4, -0.2) is 26.6 Å². The summed E-state index contributed by atoms with van der Waals surface area (Å²) in [7, 11) is 0. The molecule has 0 saturated heterocycles. The molecule has 0 atom stereocenters. The van der Waals surface area contributed by atoms with E-state index in [9.17, 15) is 0 Å². The summed E-state index contributed by atoms with van der Waals surface area (Å²) in [4.78, 5) is 0. The van der Waals surface area contributed by atoms with E-state index in [4.69, 9.17) is 21.8 Å². The summed E-state index contributed by atoms with van der Waals surface area (Å²) in [5, 5.41) is 21.2. The van der Waals surface area contributed by atoms with Gasteiger partial charge in [-0.2, -0.15) is 5.10 Å². The molecule has 0 spiro atoms. The van der Waals surface area contributed by atoms with Crippen LogP contribution >= 0.6 is 11.6 Å². The highest BCUT2D eigenvalue weighted by molar-refractivity contribution is 6.30. The number of aromatic hydroxyl groups is 1. The molecule has 0 aliphatic rings. The van der Waals surface area contributed by atoms with Gasteiger partial charge in [0.2, 0.25) is 0 Å². The average molecular weight is 163 g/mol. The van der Waals surface area contributed by atoms with E-state index >= 15 is 0 Å². The molecular weight excluding hydrogens is 156 g/mol. The molecule has 0 bridgehead atoms. The van der Waals surface area contributed by atoms with Crippen molar-refractivity contribution >= 4 is 11.6 Å². The number of hydrogen-bond donors (Lipinski definition) is 2. The fourth-order valence-corrected chi connectivity index (χ4v) is 0.788. The van der Waals surface area contributed by atoms with Gasteiger partial charge in [0, 0.05) is 0 Å². The maximum atomic E-state index is 8.87. The van der Waals surface area contributed by atoms with Crippen LogP contribution in [0.4, 0.5) is 0 Å². The summed E-state index contributed by atoms with van der Waals surface area (Å²) in [6.45, 7) is 0.264. The zero-order valence-corrected chi connectivity index (χ0v) is 5.91. The molecule has 0 unspecified atom stereocenters. The van der Waals surface area contributed by atoms with Crippen LogP contribution in [0, 0.1) is 0 Å². The molecule has 1 aromatic heterocycles. The van der Waals surface area contributed by atoms with Gasteiger partial charge in [0.1, 0.15) is 0 Å². The summed E-state index contributed by atoms with van der Waals surface area (Å²) < 4.78 is 1.32. The molecule has 56 valence electrons. The van der Waals surface area contributed by atoms with E-state index in [-0.39, 0.29) is 17.5 Å². The van der Waals surface area contributed by atoms with E-state index in [2.05, 4.69) is 5.10 Å². The second kappa shape index (κ2) is 2.90. The Bertz CT molecular complexity index is 223. The third kappa shape index (κ3) is 1.22. The van der Waals surface area contributed by atoms with Gasteiger partial charge in [0.25, 0.3) is 0 Å². The molecule has 1 heterocycles. The van der Waals surface area contributed by atoms with Crippen molar-refractivity contribution in [1.82, 2.24) is 9.78 Å². The molecule has 4 nitrogen and oxygen atoms in total. The van der Waals surface area contributed by atoms with Gasteiger partial charge in [-0.3, -0.25) is 0 Å². The van der Waals surface area contributed by atoms with Crippen LogP contribution in [0.1, 0.15) is 0 Å². The number of aliphatic hydroxyl groups is 1. The number of nitrogens with zero attached hydrogens (tertiary/aromatic N) is 2. The predicted molar refractivity (Wildman–Crippen MR) is 36.0 cm³/mol. The third-order valence-corrected chi connectivity index (χ3v) is 1.46. The first-order valence-corrected chi connectivity index (χ1v) is 3.14. The van der Waals surface area contributed by atoms with Crippen LogP contribution in [0.5, 0.6) is 5.75 Å². The molecule has 1 rings (SSSR count). The van der Waals surface area contributed by atoms with Crippen LogP contribution in [0.15, 0.2) is 6.20 Å². The lowest BCUT2D eigenvalue weighted by atomic mass is 10.6. The SMILES string of the molecule is OCCn1ncc(O)c1Cl.